The van der Waals surface area contributed by atoms with Gasteiger partial charge >= 0.3 is 7.12 Å². The molecule has 2 aromatic carbocycles. The number of hydrogen-bond acceptors (Lipinski definition) is 8. The first kappa shape index (κ1) is 25.5. The zero-order valence-corrected chi connectivity index (χ0v) is 22.0. The molecule has 1 unspecified atom stereocenters. The topological polar surface area (TPSA) is 128 Å². The van der Waals surface area contributed by atoms with E-state index in [1.807, 2.05) is 89.2 Å². The van der Waals surface area contributed by atoms with Gasteiger partial charge in [0.1, 0.15) is 17.5 Å². The number of nitrogens with zero attached hydrogens (tertiary/aromatic N) is 4. The van der Waals surface area contributed by atoms with Gasteiger partial charge in [0.25, 0.3) is 5.56 Å². The predicted octanol–water partition coefficient (Wildman–Crippen LogP) is 3.71. The number of rotatable bonds is 5. The first-order valence-electron chi connectivity index (χ1n) is 12.4. The molecule has 3 heterocycles. The summed E-state index contributed by atoms with van der Waals surface area (Å²) in [7, 11) is -0.691. The lowest BCUT2D eigenvalue weighted by Crippen LogP contribution is -2.41. The van der Waals surface area contributed by atoms with E-state index in [4.69, 9.17) is 15.0 Å². The highest BCUT2D eigenvalue weighted by atomic mass is 16.7. The lowest BCUT2D eigenvalue weighted by atomic mass is 9.76. The summed E-state index contributed by atoms with van der Waals surface area (Å²) < 4.78 is 14.3. The van der Waals surface area contributed by atoms with Crippen molar-refractivity contribution in [2.24, 2.45) is 0 Å². The quantitative estimate of drug-likeness (QED) is 0.391. The minimum atomic E-state index is -0.691. The maximum Gasteiger partial charge on any atom is 0.495 e. The molecule has 10 heteroatoms. The molecule has 4 aromatic rings. The van der Waals surface area contributed by atoms with Crippen molar-refractivity contribution in [1.29, 1.82) is 5.26 Å². The first-order valence-corrected chi connectivity index (χ1v) is 12.4. The molecular formula is C28H29BN6O3. The molecule has 0 radical (unpaired) electrons. The Labute approximate surface area is 221 Å². The Morgan fingerprint density at radius 3 is 2.42 bits per heavy atom. The summed E-state index contributed by atoms with van der Waals surface area (Å²) in [4.78, 5) is 22.4. The Hall–Kier alpha value is -4.20. The second-order valence-electron chi connectivity index (χ2n) is 10.4. The van der Waals surface area contributed by atoms with E-state index in [1.165, 1.54) is 6.20 Å². The number of nitriles is 1. The zero-order chi connectivity index (χ0) is 27.2. The van der Waals surface area contributed by atoms with Gasteiger partial charge in [-0.25, -0.2) is 4.98 Å². The van der Waals surface area contributed by atoms with Crippen molar-refractivity contribution in [3.05, 3.63) is 82.4 Å². The number of nitrogens with one attached hydrogen (secondary N) is 1. The number of fused-ring (bicyclic) bond motifs is 1. The molecule has 38 heavy (non-hydrogen) atoms. The number of nitrogen functional groups attached to an aromatic ring is 1. The summed E-state index contributed by atoms with van der Waals surface area (Å²) in [6.45, 7) is 9.85. The van der Waals surface area contributed by atoms with Crippen LogP contribution in [0.3, 0.4) is 0 Å². The maximum absolute atomic E-state index is 14.3. The highest BCUT2D eigenvalue weighted by molar-refractivity contribution is 6.65. The fraction of sp³-hybridized carbons (Fsp3) is 0.286. The van der Waals surface area contributed by atoms with E-state index in [0.717, 1.165) is 5.39 Å². The third kappa shape index (κ3) is 4.30. The minimum absolute atomic E-state index is 0.0460. The Morgan fingerprint density at radius 1 is 1.08 bits per heavy atom. The molecule has 1 aliphatic rings. The number of anilines is 2. The fourth-order valence-corrected chi connectivity index (χ4v) is 4.60. The van der Waals surface area contributed by atoms with Gasteiger partial charge in [-0.2, -0.15) is 10.2 Å². The van der Waals surface area contributed by atoms with Crippen LogP contribution in [0.15, 0.2) is 65.6 Å². The summed E-state index contributed by atoms with van der Waals surface area (Å²) in [6, 6.07) is 18.7. The van der Waals surface area contributed by atoms with Crippen molar-refractivity contribution >= 4 is 35.1 Å². The average molecular weight is 508 g/mol. The number of nitrogens with two attached hydrogens (primary N) is 1. The van der Waals surface area contributed by atoms with Crippen LogP contribution in [0, 0.1) is 11.3 Å². The van der Waals surface area contributed by atoms with Crippen LogP contribution >= 0.6 is 0 Å². The molecule has 0 saturated carbocycles. The molecule has 1 saturated heterocycles. The fourth-order valence-electron chi connectivity index (χ4n) is 4.60. The molecule has 0 amide bonds. The van der Waals surface area contributed by atoms with Crippen LogP contribution in [-0.2, 0) is 9.31 Å². The summed E-state index contributed by atoms with van der Waals surface area (Å²) in [5, 5.41) is 14.1. The number of para-hydroxylation sites is 1. The minimum Gasteiger partial charge on any atom is -0.399 e. The van der Waals surface area contributed by atoms with E-state index < -0.39 is 24.4 Å². The van der Waals surface area contributed by atoms with Gasteiger partial charge in [0.05, 0.1) is 23.4 Å². The van der Waals surface area contributed by atoms with Crippen molar-refractivity contribution in [3.63, 3.8) is 0 Å². The van der Waals surface area contributed by atoms with Crippen LogP contribution in [0.2, 0.25) is 0 Å². The Balaban J connectivity index is 1.70. The molecular weight excluding hydrogens is 479 g/mol. The first-order chi connectivity index (χ1) is 18.0. The standard InChI is InChI=1S/C28H29BN6O3/c1-17(33-24-19(15-30)16-32-26(31)34-24)22-14-18-10-9-13-21(29-37-27(2,3)28(4,5)38-29)23(18)25(36)35(22)20-11-7-6-8-12-20/h6-14,16-17H,1-5H3,(H3,31,32,33,34). The van der Waals surface area contributed by atoms with Crippen LogP contribution < -0.4 is 22.1 Å². The summed E-state index contributed by atoms with van der Waals surface area (Å²) >= 11 is 0. The number of benzene rings is 2. The van der Waals surface area contributed by atoms with Gasteiger partial charge in [-0.3, -0.25) is 9.36 Å². The normalized spacial score (nSPS) is 16.8. The second-order valence-corrected chi connectivity index (χ2v) is 10.4. The zero-order valence-electron chi connectivity index (χ0n) is 22.0. The summed E-state index contributed by atoms with van der Waals surface area (Å²) in [6.07, 6.45) is 1.37. The number of aromatic nitrogens is 3. The molecule has 192 valence electrons. The smallest absolute Gasteiger partial charge is 0.399 e. The molecule has 0 bridgehead atoms. The van der Waals surface area contributed by atoms with Crippen molar-refractivity contribution in [1.82, 2.24) is 14.5 Å². The maximum atomic E-state index is 14.3. The van der Waals surface area contributed by atoms with Crippen molar-refractivity contribution < 1.29 is 9.31 Å². The van der Waals surface area contributed by atoms with E-state index in [-0.39, 0.29) is 17.1 Å². The summed E-state index contributed by atoms with van der Waals surface area (Å²) in [5.41, 5.74) is 6.80. The Morgan fingerprint density at radius 2 is 1.76 bits per heavy atom. The highest BCUT2D eigenvalue weighted by Gasteiger charge is 2.52. The SMILES string of the molecule is CC(Nc1nc(N)ncc1C#N)c1cc2cccc(B3OC(C)(C)C(C)(C)O3)c2c(=O)n1-c1ccccc1. The molecule has 3 N–H and O–H groups in total. The van der Waals surface area contributed by atoms with Crippen molar-refractivity contribution in [3.8, 4) is 11.8 Å². The molecule has 1 atom stereocenters. The molecule has 0 spiro atoms. The van der Waals surface area contributed by atoms with Crippen molar-refractivity contribution in [2.45, 2.75) is 51.9 Å². The molecule has 0 aliphatic carbocycles. The lowest BCUT2D eigenvalue weighted by molar-refractivity contribution is 0.00578. The van der Waals surface area contributed by atoms with Crippen LogP contribution in [-0.4, -0.2) is 32.9 Å². The summed E-state index contributed by atoms with van der Waals surface area (Å²) in [5.74, 6) is 0.343. The van der Waals surface area contributed by atoms with Crippen LogP contribution in [0.25, 0.3) is 16.5 Å². The van der Waals surface area contributed by atoms with Gasteiger partial charge < -0.3 is 20.4 Å². The number of hydrogen-bond donors (Lipinski definition) is 2. The third-order valence-corrected chi connectivity index (χ3v) is 7.35. The van der Waals surface area contributed by atoms with Gasteiger partial charge in [0.15, 0.2) is 0 Å². The number of pyridine rings is 1. The van der Waals surface area contributed by atoms with E-state index in [9.17, 15) is 10.1 Å². The molecule has 1 aliphatic heterocycles. The van der Waals surface area contributed by atoms with E-state index in [0.29, 0.717) is 28.0 Å². The van der Waals surface area contributed by atoms with E-state index in [1.54, 1.807) is 4.57 Å². The van der Waals surface area contributed by atoms with Crippen LogP contribution in [0.1, 0.15) is 51.9 Å². The molecule has 5 rings (SSSR count). The Kier molecular flexibility index (Phi) is 6.21. The third-order valence-electron chi connectivity index (χ3n) is 7.35. The predicted molar refractivity (Wildman–Crippen MR) is 148 cm³/mol. The van der Waals surface area contributed by atoms with Crippen LogP contribution in [0.5, 0.6) is 0 Å². The average Bonchev–Trinajstić information content (AvgIpc) is 3.10. The van der Waals surface area contributed by atoms with Gasteiger partial charge in [-0.1, -0.05) is 36.4 Å². The highest BCUT2D eigenvalue weighted by Crippen LogP contribution is 2.37. The monoisotopic (exact) mass is 508 g/mol. The molecule has 1 fully saturated rings. The van der Waals surface area contributed by atoms with E-state index >= 15 is 0 Å². The lowest BCUT2D eigenvalue weighted by Gasteiger charge is -2.32. The second kappa shape index (κ2) is 9.28. The van der Waals surface area contributed by atoms with Gasteiger partial charge in [0.2, 0.25) is 5.95 Å². The van der Waals surface area contributed by atoms with Crippen molar-refractivity contribution in [2.75, 3.05) is 11.1 Å². The van der Waals surface area contributed by atoms with Gasteiger partial charge in [-0.15, -0.1) is 0 Å². The van der Waals surface area contributed by atoms with Crippen LogP contribution in [0.4, 0.5) is 11.8 Å². The van der Waals surface area contributed by atoms with Gasteiger partial charge in [0, 0.05) is 16.8 Å². The molecule has 2 aromatic heterocycles. The van der Waals surface area contributed by atoms with E-state index in [2.05, 4.69) is 21.4 Å². The Bertz CT molecular complexity index is 1610. The van der Waals surface area contributed by atoms with Gasteiger partial charge in [-0.05, 0) is 63.7 Å². The molecule has 9 nitrogen and oxygen atoms in total. The largest absolute Gasteiger partial charge is 0.495 e.